The van der Waals surface area contributed by atoms with Crippen molar-refractivity contribution in [3.05, 3.63) is 11.9 Å². The van der Waals surface area contributed by atoms with E-state index in [1.165, 1.54) is 0 Å². The third-order valence-corrected chi connectivity index (χ3v) is 3.98. The van der Waals surface area contributed by atoms with Crippen molar-refractivity contribution in [3.63, 3.8) is 0 Å². The first-order valence-electron chi connectivity index (χ1n) is 7.10. The molecule has 2 saturated heterocycles. The molecule has 1 aromatic rings. The predicted octanol–water partition coefficient (Wildman–Crippen LogP) is 1.08. The SMILES string of the molecule is COc1cc(OC2COC3(CCNCC3)C2)nc(C)n1. The lowest BCUT2D eigenvalue weighted by Crippen LogP contribution is -2.41. The fourth-order valence-corrected chi connectivity index (χ4v) is 2.96. The van der Waals surface area contributed by atoms with Gasteiger partial charge in [0.25, 0.3) is 0 Å². The van der Waals surface area contributed by atoms with Gasteiger partial charge in [-0.25, -0.2) is 0 Å². The maximum absolute atomic E-state index is 6.01. The highest BCUT2D eigenvalue weighted by Crippen LogP contribution is 2.35. The van der Waals surface area contributed by atoms with Crippen LogP contribution in [0.15, 0.2) is 6.07 Å². The van der Waals surface area contributed by atoms with Gasteiger partial charge in [0, 0.05) is 6.42 Å². The van der Waals surface area contributed by atoms with E-state index in [-0.39, 0.29) is 11.7 Å². The molecule has 2 aliphatic rings. The summed E-state index contributed by atoms with van der Waals surface area (Å²) < 4.78 is 17.1. The number of rotatable bonds is 3. The first-order chi connectivity index (χ1) is 9.69. The minimum Gasteiger partial charge on any atom is -0.481 e. The number of aryl methyl sites for hydroxylation is 1. The predicted molar refractivity (Wildman–Crippen MR) is 73.1 cm³/mol. The first kappa shape index (κ1) is 13.6. The third kappa shape index (κ3) is 2.86. The molecular formula is C14H21N3O3. The van der Waals surface area contributed by atoms with Crippen LogP contribution in [0.2, 0.25) is 0 Å². The van der Waals surface area contributed by atoms with E-state index in [4.69, 9.17) is 14.2 Å². The summed E-state index contributed by atoms with van der Waals surface area (Å²) in [7, 11) is 1.59. The summed E-state index contributed by atoms with van der Waals surface area (Å²) in [6, 6.07) is 1.72. The van der Waals surface area contributed by atoms with E-state index < -0.39 is 0 Å². The van der Waals surface area contributed by atoms with Gasteiger partial charge in [-0.2, -0.15) is 9.97 Å². The Labute approximate surface area is 118 Å². The molecule has 1 aromatic heterocycles. The number of nitrogens with one attached hydrogen (secondary N) is 1. The van der Waals surface area contributed by atoms with Crippen molar-refractivity contribution >= 4 is 0 Å². The van der Waals surface area contributed by atoms with E-state index in [0.717, 1.165) is 32.4 Å². The zero-order valence-electron chi connectivity index (χ0n) is 12.0. The molecule has 0 bridgehead atoms. The Balaban J connectivity index is 1.65. The Morgan fingerprint density at radius 3 is 2.80 bits per heavy atom. The molecule has 0 aliphatic carbocycles. The van der Waals surface area contributed by atoms with Crippen molar-refractivity contribution in [3.8, 4) is 11.8 Å². The number of aromatic nitrogens is 2. The smallest absolute Gasteiger partial charge is 0.220 e. The molecule has 1 atom stereocenters. The normalized spacial score (nSPS) is 24.8. The molecule has 2 aliphatic heterocycles. The summed E-state index contributed by atoms with van der Waals surface area (Å²) in [5.41, 5.74) is 0.00206. The molecule has 6 nitrogen and oxygen atoms in total. The van der Waals surface area contributed by atoms with Gasteiger partial charge >= 0.3 is 0 Å². The summed E-state index contributed by atoms with van der Waals surface area (Å²) in [6.07, 6.45) is 3.10. The van der Waals surface area contributed by atoms with Gasteiger partial charge in [0.05, 0.1) is 25.4 Å². The highest BCUT2D eigenvalue weighted by molar-refractivity contribution is 5.21. The van der Waals surface area contributed by atoms with E-state index >= 15 is 0 Å². The van der Waals surface area contributed by atoms with E-state index in [9.17, 15) is 0 Å². The molecule has 0 amide bonds. The van der Waals surface area contributed by atoms with E-state index in [1.54, 1.807) is 13.2 Å². The van der Waals surface area contributed by atoms with Crippen LogP contribution in [0.25, 0.3) is 0 Å². The number of ether oxygens (including phenoxy) is 3. The lowest BCUT2D eigenvalue weighted by molar-refractivity contribution is -0.0206. The second-order valence-electron chi connectivity index (χ2n) is 5.48. The molecule has 20 heavy (non-hydrogen) atoms. The molecule has 1 N–H and O–H groups in total. The topological polar surface area (TPSA) is 65.5 Å². The molecule has 3 heterocycles. The van der Waals surface area contributed by atoms with E-state index in [0.29, 0.717) is 24.2 Å². The third-order valence-electron chi connectivity index (χ3n) is 3.98. The standard InChI is InChI=1S/C14H21N3O3/c1-10-16-12(18-2)7-13(17-10)20-11-8-14(19-9-11)3-5-15-6-4-14/h7,11,15H,3-6,8-9H2,1-2H3. The summed E-state index contributed by atoms with van der Waals surface area (Å²) in [6.45, 7) is 4.50. The average molecular weight is 279 g/mol. The molecule has 3 rings (SSSR count). The summed E-state index contributed by atoms with van der Waals surface area (Å²) in [5.74, 6) is 1.74. The minimum atomic E-state index is 0.00206. The van der Waals surface area contributed by atoms with Gasteiger partial charge in [0.1, 0.15) is 11.9 Å². The van der Waals surface area contributed by atoms with Crippen LogP contribution in [-0.4, -0.2) is 48.5 Å². The molecule has 110 valence electrons. The monoisotopic (exact) mass is 279 g/mol. The highest BCUT2D eigenvalue weighted by Gasteiger charge is 2.42. The average Bonchev–Trinajstić information content (AvgIpc) is 2.81. The fourth-order valence-electron chi connectivity index (χ4n) is 2.96. The van der Waals surface area contributed by atoms with Crippen molar-refractivity contribution < 1.29 is 14.2 Å². The minimum absolute atomic E-state index is 0.00206. The fraction of sp³-hybridized carbons (Fsp3) is 0.714. The largest absolute Gasteiger partial charge is 0.481 e. The molecule has 1 unspecified atom stereocenters. The highest BCUT2D eigenvalue weighted by atomic mass is 16.6. The Kier molecular flexibility index (Phi) is 3.76. The number of nitrogens with zero attached hydrogens (tertiary/aromatic N) is 2. The van der Waals surface area contributed by atoms with Crippen molar-refractivity contribution in [2.24, 2.45) is 0 Å². The lowest BCUT2D eigenvalue weighted by atomic mass is 9.89. The van der Waals surface area contributed by atoms with E-state index in [2.05, 4.69) is 15.3 Å². The van der Waals surface area contributed by atoms with Crippen LogP contribution in [-0.2, 0) is 4.74 Å². The Bertz CT molecular complexity index is 475. The van der Waals surface area contributed by atoms with Crippen LogP contribution in [0.4, 0.5) is 0 Å². The summed E-state index contributed by atoms with van der Waals surface area (Å²) >= 11 is 0. The van der Waals surface area contributed by atoms with Crippen LogP contribution in [0.3, 0.4) is 0 Å². The van der Waals surface area contributed by atoms with Crippen LogP contribution < -0.4 is 14.8 Å². The van der Waals surface area contributed by atoms with Crippen LogP contribution in [0.1, 0.15) is 25.1 Å². The Morgan fingerprint density at radius 2 is 2.05 bits per heavy atom. The second kappa shape index (κ2) is 5.54. The number of methoxy groups -OCH3 is 1. The molecule has 2 fully saturated rings. The van der Waals surface area contributed by atoms with Crippen molar-refractivity contribution in [1.82, 2.24) is 15.3 Å². The Hall–Kier alpha value is -1.40. The molecular weight excluding hydrogens is 258 g/mol. The first-order valence-corrected chi connectivity index (χ1v) is 7.10. The maximum Gasteiger partial charge on any atom is 0.220 e. The van der Waals surface area contributed by atoms with Crippen molar-refractivity contribution in [1.29, 1.82) is 0 Å². The molecule has 1 spiro atoms. The van der Waals surface area contributed by atoms with Gasteiger partial charge in [0.15, 0.2) is 0 Å². The van der Waals surface area contributed by atoms with Crippen LogP contribution >= 0.6 is 0 Å². The second-order valence-corrected chi connectivity index (χ2v) is 5.48. The summed E-state index contributed by atoms with van der Waals surface area (Å²) in [4.78, 5) is 8.45. The maximum atomic E-state index is 6.01. The Morgan fingerprint density at radius 1 is 1.30 bits per heavy atom. The zero-order chi connectivity index (χ0) is 14.0. The van der Waals surface area contributed by atoms with Gasteiger partial charge in [-0.05, 0) is 32.9 Å². The van der Waals surface area contributed by atoms with E-state index in [1.807, 2.05) is 6.92 Å². The van der Waals surface area contributed by atoms with Crippen molar-refractivity contribution in [2.75, 3.05) is 26.8 Å². The lowest BCUT2D eigenvalue weighted by Gasteiger charge is -2.32. The molecule has 0 aromatic carbocycles. The molecule has 0 saturated carbocycles. The van der Waals surface area contributed by atoms with Gasteiger partial charge in [-0.3, -0.25) is 0 Å². The van der Waals surface area contributed by atoms with Crippen molar-refractivity contribution in [2.45, 2.75) is 37.9 Å². The summed E-state index contributed by atoms with van der Waals surface area (Å²) in [5, 5.41) is 3.37. The zero-order valence-corrected chi connectivity index (χ0v) is 12.0. The van der Waals surface area contributed by atoms with Crippen LogP contribution in [0.5, 0.6) is 11.8 Å². The van der Waals surface area contributed by atoms with Gasteiger partial charge < -0.3 is 19.5 Å². The quantitative estimate of drug-likeness (QED) is 0.893. The number of hydrogen-bond donors (Lipinski definition) is 1. The van der Waals surface area contributed by atoms with Gasteiger partial charge in [-0.15, -0.1) is 0 Å². The number of hydrogen-bond acceptors (Lipinski definition) is 6. The van der Waals surface area contributed by atoms with Crippen LogP contribution in [0, 0.1) is 6.92 Å². The molecule has 6 heteroatoms. The number of piperidine rings is 1. The van der Waals surface area contributed by atoms with Gasteiger partial charge in [0.2, 0.25) is 11.8 Å². The molecule has 0 radical (unpaired) electrons. The van der Waals surface area contributed by atoms with Gasteiger partial charge in [-0.1, -0.05) is 0 Å².